The molecule has 1 saturated carbocycles. The van der Waals surface area contributed by atoms with Crippen LogP contribution < -0.4 is 15.2 Å². The first kappa shape index (κ1) is 20.7. The van der Waals surface area contributed by atoms with Crippen LogP contribution in [0.5, 0.6) is 5.88 Å². The number of ether oxygens (including phenoxy) is 1. The van der Waals surface area contributed by atoms with Gasteiger partial charge in [-0.1, -0.05) is 24.3 Å². The highest BCUT2D eigenvalue weighted by atomic mass is 32.2. The summed E-state index contributed by atoms with van der Waals surface area (Å²) in [6.07, 6.45) is 6.22. The van der Waals surface area contributed by atoms with Gasteiger partial charge in [0.05, 0.1) is 12.0 Å². The van der Waals surface area contributed by atoms with Crippen LogP contribution in [0.1, 0.15) is 56.6 Å². The molecule has 1 aromatic heterocycles. The first-order valence-corrected chi connectivity index (χ1v) is 12.0. The molecular weight excluding hydrogens is 402 g/mol. The third-order valence-corrected chi connectivity index (χ3v) is 6.49. The van der Waals surface area contributed by atoms with Crippen molar-refractivity contribution in [3.05, 3.63) is 41.7 Å². The van der Waals surface area contributed by atoms with Crippen molar-refractivity contribution in [1.82, 2.24) is 14.7 Å². The van der Waals surface area contributed by atoms with E-state index < -0.39 is 15.6 Å². The van der Waals surface area contributed by atoms with Gasteiger partial charge in [-0.05, 0) is 51.0 Å². The highest BCUT2D eigenvalue weighted by Gasteiger charge is 2.35. The number of fused-ring (bicyclic) bond motifs is 1. The fourth-order valence-corrected chi connectivity index (χ4v) is 5.11. The largest absolute Gasteiger partial charge is 0.463 e. The number of nitrogens with two attached hydrogens (primary N) is 1. The van der Waals surface area contributed by atoms with Crippen molar-refractivity contribution in [3.8, 4) is 5.88 Å². The number of nitrogen functional groups attached to an aromatic ring is 1. The average Bonchev–Trinajstić information content (AvgIpc) is 2.67. The quantitative estimate of drug-likeness (QED) is 0.771. The number of benzene rings is 1. The Morgan fingerprint density at radius 2 is 1.77 bits per heavy atom. The smallest absolute Gasteiger partial charge is 0.246 e. The molecular formula is C21H27N5O3S. The summed E-state index contributed by atoms with van der Waals surface area (Å²) >= 11 is 0. The Morgan fingerprint density at radius 3 is 2.40 bits per heavy atom. The summed E-state index contributed by atoms with van der Waals surface area (Å²) in [5.41, 5.74) is 8.78. The number of nitrogens with one attached hydrogen (secondary N) is 1. The predicted molar refractivity (Wildman–Crippen MR) is 117 cm³/mol. The van der Waals surface area contributed by atoms with Gasteiger partial charge in [0.15, 0.2) is 11.5 Å². The molecule has 0 radical (unpaired) electrons. The standard InChI is InChI=1S/C21H27N5O3S/c1-21(2)18(25-17-19(22)23-12-24-20(17)29-21)15-6-4-13(5-7-15)14-8-10-16(11-9-14)26-30(3,27)28/h4-7,12,14,16,26H,8-11H2,1-3H3,(H2,22,23,24). The number of hydrogen-bond acceptors (Lipinski definition) is 7. The number of anilines is 1. The number of hydrogen-bond donors (Lipinski definition) is 2. The summed E-state index contributed by atoms with van der Waals surface area (Å²) in [5.74, 6) is 1.12. The lowest BCUT2D eigenvalue weighted by molar-refractivity contribution is 0.171. The Hall–Kier alpha value is -2.52. The zero-order chi connectivity index (χ0) is 21.5. The molecule has 1 aliphatic heterocycles. The van der Waals surface area contributed by atoms with Gasteiger partial charge in [0.25, 0.3) is 0 Å². The zero-order valence-electron chi connectivity index (χ0n) is 17.4. The molecule has 2 heterocycles. The van der Waals surface area contributed by atoms with Crippen molar-refractivity contribution < 1.29 is 13.2 Å². The summed E-state index contributed by atoms with van der Waals surface area (Å²) in [5, 5.41) is 0. The minimum atomic E-state index is -3.15. The van der Waals surface area contributed by atoms with E-state index in [-0.39, 0.29) is 6.04 Å². The Morgan fingerprint density at radius 1 is 1.10 bits per heavy atom. The molecule has 4 rings (SSSR count). The molecule has 3 N–H and O–H groups in total. The second kappa shape index (κ2) is 7.63. The van der Waals surface area contributed by atoms with Crippen LogP contribution in [0.4, 0.5) is 11.5 Å². The number of sulfonamides is 1. The number of nitrogens with zero attached hydrogens (tertiary/aromatic N) is 3. The summed E-state index contributed by atoms with van der Waals surface area (Å²) < 4.78 is 31.7. The molecule has 0 spiro atoms. The summed E-state index contributed by atoms with van der Waals surface area (Å²) in [4.78, 5) is 12.9. The van der Waals surface area contributed by atoms with E-state index in [2.05, 4.69) is 39.0 Å². The molecule has 0 atom stereocenters. The maximum absolute atomic E-state index is 11.4. The number of aromatic nitrogens is 2. The normalized spacial score (nSPS) is 23.2. The topological polar surface area (TPSA) is 120 Å². The molecule has 30 heavy (non-hydrogen) atoms. The monoisotopic (exact) mass is 429 g/mol. The fourth-order valence-electron chi connectivity index (χ4n) is 4.26. The van der Waals surface area contributed by atoms with Crippen LogP contribution in [-0.2, 0) is 10.0 Å². The van der Waals surface area contributed by atoms with Crippen LogP contribution in [0.2, 0.25) is 0 Å². The minimum absolute atomic E-state index is 0.0396. The Bertz CT molecular complexity index is 1070. The lowest BCUT2D eigenvalue weighted by Gasteiger charge is -2.32. The van der Waals surface area contributed by atoms with Crippen molar-refractivity contribution >= 4 is 27.2 Å². The molecule has 8 nitrogen and oxygen atoms in total. The van der Waals surface area contributed by atoms with Gasteiger partial charge in [-0.3, -0.25) is 0 Å². The summed E-state index contributed by atoms with van der Waals surface area (Å²) in [6.45, 7) is 3.91. The van der Waals surface area contributed by atoms with Crippen molar-refractivity contribution in [2.45, 2.75) is 57.1 Å². The molecule has 1 aromatic carbocycles. The van der Waals surface area contributed by atoms with E-state index in [1.165, 1.54) is 18.1 Å². The van der Waals surface area contributed by atoms with Crippen LogP contribution in [0.25, 0.3) is 0 Å². The van der Waals surface area contributed by atoms with Crippen molar-refractivity contribution in [2.75, 3.05) is 12.0 Å². The molecule has 1 aliphatic carbocycles. The SMILES string of the molecule is CC1(C)Oc2ncnc(N)c2N=C1c1ccc(C2CCC(NS(C)(=O)=O)CC2)cc1. The van der Waals surface area contributed by atoms with Gasteiger partial charge < -0.3 is 10.5 Å². The highest BCUT2D eigenvalue weighted by Crippen LogP contribution is 2.39. The van der Waals surface area contributed by atoms with E-state index >= 15 is 0 Å². The predicted octanol–water partition coefficient (Wildman–Crippen LogP) is 2.93. The van der Waals surface area contributed by atoms with Crippen LogP contribution in [0.3, 0.4) is 0 Å². The number of rotatable bonds is 4. The second-order valence-electron chi connectivity index (χ2n) is 8.55. The third-order valence-electron chi connectivity index (χ3n) is 5.73. The molecule has 160 valence electrons. The maximum Gasteiger partial charge on any atom is 0.246 e. The average molecular weight is 430 g/mol. The fraction of sp³-hybridized carbons (Fsp3) is 0.476. The lowest BCUT2D eigenvalue weighted by Crippen LogP contribution is -2.41. The minimum Gasteiger partial charge on any atom is -0.463 e. The van der Waals surface area contributed by atoms with E-state index in [4.69, 9.17) is 15.5 Å². The molecule has 0 saturated heterocycles. The van der Waals surface area contributed by atoms with E-state index in [1.54, 1.807) is 0 Å². The van der Waals surface area contributed by atoms with E-state index in [9.17, 15) is 8.42 Å². The molecule has 0 unspecified atom stereocenters. The first-order chi connectivity index (χ1) is 14.1. The lowest BCUT2D eigenvalue weighted by atomic mass is 9.81. The van der Waals surface area contributed by atoms with Gasteiger partial charge in [0, 0.05) is 11.6 Å². The van der Waals surface area contributed by atoms with E-state index in [0.29, 0.717) is 23.3 Å². The van der Waals surface area contributed by atoms with Crippen LogP contribution in [-0.4, -0.2) is 42.0 Å². The molecule has 2 aliphatic rings. The maximum atomic E-state index is 11.4. The summed E-state index contributed by atoms with van der Waals surface area (Å²) in [7, 11) is -3.15. The van der Waals surface area contributed by atoms with Crippen LogP contribution >= 0.6 is 0 Å². The Kier molecular flexibility index (Phi) is 5.27. The zero-order valence-corrected chi connectivity index (χ0v) is 18.2. The van der Waals surface area contributed by atoms with Crippen molar-refractivity contribution in [1.29, 1.82) is 0 Å². The second-order valence-corrected chi connectivity index (χ2v) is 10.3. The molecule has 0 bridgehead atoms. The van der Waals surface area contributed by atoms with Gasteiger partial charge >= 0.3 is 0 Å². The van der Waals surface area contributed by atoms with Gasteiger partial charge in [-0.15, -0.1) is 0 Å². The van der Waals surface area contributed by atoms with E-state index in [1.807, 2.05) is 13.8 Å². The Balaban J connectivity index is 1.52. The molecule has 9 heteroatoms. The third kappa shape index (κ3) is 4.32. The molecule has 1 fully saturated rings. The summed E-state index contributed by atoms with van der Waals surface area (Å²) in [6, 6.07) is 8.42. The van der Waals surface area contributed by atoms with Crippen molar-refractivity contribution in [3.63, 3.8) is 0 Å². The van der Waals surface area contributed by atoms with Gasteiger partial charge in [0.1, 0.15) is 11.9 Å². The Labute approximate surface area is 177 Å². The van der Waals surface area contributed by atoms with Crippen LogP contribution in [0, 0.1) is 0 Å². The van der Waals surface area contributed by atoms with Crippen molar-refractivity contribution in [2.24, 2.45) is 4.99 Å². The van der Waals surface area contributed by atoms with Crippen LogP contribution in [0.15, 0.2) is 35.6 Å². The first-order valence-electron chi connectivity index (χ1n) is 10.1. The van der Waals surface area contributed by atoms with Gasteiger partial charge in [-0.25, -0.2) is 23.1 Å². The number of aliphatic imine (C=N–C) groups is 1. The molecule has 2 aromatic rings. The molecule has 0 amide bonds. The van der Waals surface area contributed by atoms with E-state index in [0.717, 1.165) is 37.0 Å². The van der Waals surface area contributed by atoms with Gasteiger partial charge in [-0.2, -0.15) is 4.98 Å². The van der Waals surface area contributed by atoms with Gasteiger partial charge in [0.2, 0.25) is 15.9 Å². The highest BCUT2D eigenvalue weighted by molar-refractivity contribution is 7.88.